The summed E-state index contributed by atoms with van der Waals surface area (Å²) in [6.07, 6.45) is 0. The largest absolute Gasteiger partial charge is 0.483 e. The number of H-pyrrole nitrogens is 1. The Morgan fingerprint density at radius 1 is 1.05 bits per heavy atom. The van der Waals surface area contributed by atoms with E-state index >= 15 is 0 Å². The van der Waals surface area contributed by atoms with Crippen molar-refractivity contribution in [3.63, 3.8) is 0 Å². The SMILES string of the molecule is Cc1ccc(N2C(=O)C3Sc4[nH]c(=O)sc4[C@H](c4cc(Br)ccc4OCC(=O)Nc4ccc(S(N)(=O)=O)cc4)C3C2=O)cc1. The van der Waals surface area contributed by atoms with Crippen LogP contribution in [0.5, 0.6) is 5.75 Å². The molecule has 226 valence electrons. The van der Waals surface area contributed by atoms with Gasteiger partial charge in [-0.15, -0.1) is 0 Å². The van der Waals surface area contributed by atoms with Crippen LogP contribution in [-0.2, 0) is 24.4 Å². The van der Waals surface area contributed by atoms with Crippen LogP contribution in [0.25, 0.3) is 0 Å². The number of hydrogen-bond acceptors (Lipinski definition) is 9. The summed E-state index contributed by atoms with van der Waals surface area (Å²) in [6, 6.07) is 17.6. The predicted octanol–water partition coefficient (Wildman–Crippen LogP) is 3.97. The molecule has 1 saturated heterocycles. The lowest BCUT2D eigenvalue weighted by atomic mass is 9.82. The molecule has 0 bridgehead atoms. The number of hydrogen-bond donors (Lipinski definition) is 3. The first kappa shape index (κ1) is 30.3. The highest BCUT2D eigenvalue weighted by Crippen LogP contribution is 2.54. The van der Waals surface area contributed by atoms with Crippen LogP contribution in [0.2, 0.25) is 0 Å². The van der Waals surface area contributed by atoms with Crippen LogP contribution in [0.3, 0.4) is 0 Å². The molecule has 3 amide bonds. The van der Waals surface area contributed by atoms with Gasteiger partial charge in [-0.1, -0.05) is 56.7 Å². The fourth-order valence-electron chi connectivity index (χ4n) is 5.26. The molecule has 3 atom stereocenters. The van der Waals surface area contributed by atoms with E-state index < -0.39 is 39.6 Å². The van der Waals surface area contributed by atoms with Gasteiger partial charge in [-0.25, -0.2) is 18.5 Å². The normalized spacial score (nSPS) is 19.4. The van der Waals surface area contributed by atoms with E-state index in [1.165, 1.54) is 40.9 Å². The van der Waals surface area contributed by atoms with Gasteiger partial charge in [-0.2, -0.15) is 0 Å². The van der Waals surface area contributed by atoms with E-state index in [2.05, 4.69) is 26.2 Å². The Kier molecular flexibility index (Phi) is 8.00. The summed E-state index contributed by atoms with van der Waals surface area (Å²) in [5.41, 5.74) is 2.32. The quantitative estimate of drug-likeness (QED) is 0.242. The molecule has 4 N–H and O–H groups in total. The molecule has 3 heterocycles. The van der Waals surface area contributed by atoms with E-state index in [1.54, 1.807) is 30.3 Å². The van der Waals surface area contributed by atoms with Crippen molar-refractivity contribution >= 4 is 78.1 Å². The Morgan fingerprint density at radius 3 is 2.43 bits per heavy atom. The number of aromatic amines is 1. The van der Waals surface area contributed by atoms with Crippen molar-refractivity contribution in [1.82, 2.24) is 4.98 Å². The van der Waals surface area contributed by atoms with Crippen molar-refractivity contribution in [3.05, 3.63) is 96.9 Å². The number of aromatic nitrogens is 1. The zero-order valence-electron chi connectivity index (χ0n) is 22.8. The number of imide groups is 1. The number of thioether (sulfide) groups is 1. The minimum absolute atomic E-state index is 0.0949. The van der Waals surface area contributed by atoms with Crippen molar-refractivity contribution in [3.8, 4) is 5.75 Å². The maximum Gasteiger partial charge on any atom is 0.305 e. The number of nitrogens with two attached hydrogens (primary N) is 1. The summed E-state index contributed by atoms with van der Waals surface area (Å²) >= 11 is 5.63. The van der Waals surface area contributed by atoms with Crippen LogP contribution < -0.4 is 25.0 Å². The van der Waals surface area contributed by atoms with E-state index in [9.17, 15) is 27.6 Å². The second-order valence-corrected chi connectivity index (χ2v) is 14.8. The molecule has 0 spiro atoms. The molecule has 4 aromatic rings. The van der Waals surface area contributed by atoms with Crippen molar-refractivity contribution in [1.29, 1.82) is 0 Å². The summed E-state index contributed by atoms with van der Waals surface area (Å²) < 4.78 is 29.6. The van der Waals surface area contributed by atoms with Crippen LogP contribution in [0, 0.1) is 12.8 Å². The van der Waals surface area contributed by atoms with Gasteiger partial charge in [0.1, 0.15) is 11.0 Å². The number of nitrogens with zero attached hydrogens (tertiary/aromatic N) is 1. The molecule has 1 fully saturated rings. The second-order valence-electron chi connectivity index (χ2n) is 10.2. The van der Waals surface area contributed by atoms with E-state index in [0.717, 1.165) is 16.9 Å². The summed E-state index contributed by atoms with van der Waals surface area (Å²) in [5, 5.41) is 7.49. The Labute approximate surface area is 268 Å². The second kappa shape index (κ2) is 11.6. The predicted molar refractivity (Wildman–Crippen MR) is 170 cm³/mol. The summed E-state index contributed by atoms with van der Waals surface area (Å²) in [4.78, 5) is 57.2. The number of thiazole rings is 1. The Hall–Kier alpha value is -3.76. The summed E-state index contributed by atoms with van der Waals surface area (Å²) in [7, 11) is -3.88. The maximum atomic E-state index is 14.0. The van der Waals surface area contributed by atoms with E-state index in [0.29, 0.717) is 37.1 Å². The van der Waals surface area contributed by atoms with Crippen molar-refractivity contribution in [2.24, 2.45) is 11.1 Å². The molecule has 2 aliphatic rings. The van der Waals surface area contributed by atoms with Crippen LogP contribution in [-0.4, -0.2) is 43.0 Å². The highest BCUT2D eigenvalue weighted by molar-refractivity contribution is 9.10. The third-order valence-electron chi connectivity index (χ3n) is 7.25. The average Bonchev–Trinajstić information content (AvgIpc) is 3.46. The number of fused-ring (bicyclic) bond motifs is 2. The molecule has 2 unspecified atom stereocenters. The van der Waals surface area contributed by atoms with Crippen molar-refractivity contribution < 1.29 is 27.5 Å². The number of nitrogens with one attached hydrogen (secondary N) is 2. The number of benzene rings is 3. The summed E-state index contributed by atoms with van der Waals surface area (Å²) in [5.74, 6) is -2.54. The zero-order chi connectivity index (χ0) is 31.3. The van der Waals surface area contributed by atoms with Crippen LogP contribution in [0.15, 0.2) is 85.9 Å². The van der Waals surface area contributed by atoms with Crippen molar-refractivity contribution in [2.45, 2.75) is 28.0 Å². The number of sulfonamides is 1. The van der Waals surface area contributed by atoms with Crippen LogP contribution in [0.4, 0.5) is 11.4 Å². The molecule has 15 heteroatoms. The Bertz CT molecular complexity index is 1970. The lowest BCUT2D eigenvalue weighted by Crippen LogP contribution is -2.32. The molecule has 11 nitrogen and oxygen atoms in total. The van der Waals surface area contributed by atoms with Crippen molar-refractivity contribution in [2.75, 3.05) is 16.8 Å². The third-order valence-corrected chi connectivity index (χ3v) is 11.1. The smallest absolute Gasteiger partial charge is 0.305 e. The number of amides is 3. The number of carbonyl (C=O) groups excluding carboxylic acids is 3. The molecule has 6 rings (SSSR count). The number of primary sulfonamides is 1. The fraction of sp³-hybridized carbons (Fsp3) is 0.172. The topological polar surface area (TPSA) is 169 Å². The highest BCUT2D eigenvalue weighted by atomic mass is 79.9. The first-order valence-corrected chi connectivity index (χ1v) is 17.1. The number of rotatable bonds is 7. The van der Waals surface area contributed by atoms with Gasteiger partial charge in [-0.05, 0) is 61.5 Å². The molecular formula is C29H23BrN4O7S3. The standard InChI is InChI=1S/C29H23BrN4O7S3/c1-14-2-7-17(8-3-14)34-27(36)23-22(24-26(33-29(38)43-24)42-25(23)28(34)37)19-12-15(30)4-11-20(19)41-13-21(35)32-16-5-9-18(10-6-16)44(31,39)40/h2-12,22-23,25H,13H2,1H3,(H,32,35)(H,33,38)(H2,31,39,40)/t22-,23?,25?/m1/s1. The van der Waals surface area contributed by atoms with Gasteiger partial charge in [0, 0.05) is 26.5 Å². The van der Waals surface area contributed by atoms with Crippen LogP contribution >= 0.6 is 39.0 Å². The molecule has 0 aliphatic carbocycles. The minimum atomic E-state index is -3.88. The number of carbonyl (C=O) groups is 3. The third kappa shape index (κ3) is 5.73. The molecule has 2 aliphatic heterocycles. The average molecular weight is 716 g/mol. The lowest BCUT2D eigenvalue weighted by Gasteiger charge is -2.31. The maximum absolute atomic E-state index is 14.0. The van der Waals surface area contributed by atoms with Gasteiger partial charge in [0.15, 0.2) is 6.61 Å². The minimum Gasteiger partial charge on any atom is -0.483 e. The molecule has 44 heavy (non-hydrogen) atoms. The molecular weight excluding hydrogens is 692 g/mol. The molecule has 1 aromatic heterocycles. The number of aryl methyl sites for hydroxylation is 1. The van der Waals surface area contributed by atoms with Gasteiger partial charge in [0.25, 0.3) is 5.91 Å². The zero-order valence-corrected chi connectivity index (χ0v) is 26.8. The van der Waals surface area contributed by atoms with Gasteiger partial charge in [-0.3, -0.25) is 19.2 Å². The monoisotopic (exact) mass is 714 g/mol. The first-order valence-electron chi connectivity index (χ1n) is 13.1. The van der Waals surface area contributed by atoms with E-state index in [-0.39, 0.29) is 21.6 Å². The Balaban J connectivity index is 1.32. The number of anilines is 2. The molecule has 0 radical (unpaired) electrons. The van der Waals surface area contributed by atoms with Gasteiger partial charge in [0.05, 0.1) is 21.5 Å². The number of ether oxygens (including phenoxy) is 1. The fourth-order valence-corrected chi connectivity index (χ4v) is 8.66. The van der Waals surface area contributed by atoms with E-state index in [4.69, 9.17) is 9.88 Å². The number of halogens is 1. The van der Waals surface area contributed by atoms with E-state index in [1.807, 2.05) is 19.1 Å². The lowest BCUT2D eigenvalue weighted by molar-refractivity contribution is -0.122. The van der Waals surface area contributed by atoms with Gasteiger partial charge >= 0.3 is 4.87 Å². The highest BCUT2D eigenvalue weighted by Gasteiger charge is 2.56. The van der Waals surface area contributed by atoms with Gasteiger partial charge in [0.2, 0.25) is 21.8 Å². The molecule has 0 saturated carbocycles. The molecule has 3 aromatic carbocycles. The summed E-state index contributed by atoms with van der Waals surface area (Å²) in [6.45, 7) is 1.50. The van der Waals surface area contributed by atoms with Gasteiger partial charge < -0.3 is 15.0 Å². The Morgan fingerprint density at radius 2 is 1.75 bits per heavy atom. The first-order chi connectivity index (χ1) is 20.9. The van der Waals surface area contributed by atoms with Crippen LogP contribution in [0.1, 0.15) is 21.9 Å².